The Balaban J connectivity index is 1.46. The molecule has 0 aliphatic carbocycles. The number of rotatable bonds is 5. The van der Waals surface area contributed by atoms with Crippen LogP contribution < -0.4 is 15.5 Å². The highest BCUT2D eigenvalue weighted by Crippen LogP contribution is 2.25. The van der Waals surface area contributed by atoms with Crippen LogP contribution in [0.5, 0.6) is 0 Å². The lowest BCUT2D eigenvalue weighted by molar-refractivity contribution is -0.119. The fourth-order valence-corrected chi connectivity index (χ4v) is 3.44. The zero-order chi connectivity index (χ0) is 20.9. The zero-order valence-electron chi connectivity index (χ0n) is 16.8. The van der Waals surface area contributed by atoms with Crippen molar-refractivity contribution in [2.75, 3.05) is 22.1 Å². The second-order valence-corrected chi connectivity index (χ2v) is 7.20. The maximum absolute atomic E-state index is 12.1. The third-order valence-electron chi connectivity index (χ3n) is 4.92. The van der Waals surface area contributed by atoms with Crippen molar-refractivity contribution in [2.24, 2.45) is 0 Å². The van der Waals surface area contributed by atoms with Gasteiger partial charge >= 0.3 is 0 Å². The van der Waals surface area contributed by atoms with Crippen LogP contribution in [0.15, 0.2) is 60.8 Å². The fraction of sp³-hybridized carbons (Fsp3) is 0.217. The van der Waals surface area contributed by atoms with Crippen LogP contribution in [-0.4, -0.2) is 28.3 Å². The van der Waals surface area contributed by atoms with Crippen LogP contribution in [0.1, 0.15) is 26.2 Å². The van der Waals surface area contributed by atoms with Gasteiger partial charge < -0.3 is 15.5 Å². The fourth-order valence-electron chi connectivity index (χ4n) is 3.44. The van der Waals surface area contributed by atoms with E-state index in [1.54, 1.807) is 6.20 Å². The van der Waals surface area contributed by atoms with Crippen LogP contribution in [0.25, 0.3) is 11.3 Å². The standard InChI is InChI=1S/C23H23N5O2/c1-16(29)25-18-7-5-17(6-8-18)21-13-14-24-23(27-21)26-19-9-11-20(12-10-19)28-15-3-2-4-22(28)30/h5-14H,2-4,15H2,1H3,(H,25,29)(H,24,26,27). The van der Waals surface area contributed by atoms with Crippen molar-refractivity contribution in [2.45, 2.75) is 26.2 Å². The van der Waals surface area contributed by atoms with Gasteiger partial charge in [0, 0.05) is 48.7 Å². The number of nitrogens with one attached hydrogen (secondary N) is 2. The summed E-state index contributed by atoms with van der Waals surface area (Å²) in [7, 11) is 0. The Hall–Kier alpha value is -3.74. The number of benzene rings is 2. The van der Waals surface area contributed by atoms with E-state index in [-0.39, 0.29) is 11.8 Å². The number of aromatic nitrogens is 2. The topological polar surface area (TPSA) is 87.2 Å². The molecule has 7 heteroatoms. The Morgan fingerprint density at radius 2 is 1.70 bits per heavy atom. The molecule has 0 unspecified atom stereocenters. The molecule has 2 heterocycles. The van der Waals surface area contributed by atoms with Crippen LogP contribution in [0, 0.1) is 0 Å². The maximum Gasteiger partial charge on any atom is 0.227 e. The molecule has 0 radical (unpaired) electrons. The molecular formula is C23H23N5O2. The van der Waals surface area contributed by atoms with Crippen molar-refractivity contribution in [1.82, 2.24) is 9.97 Å². The second-order valence-electron chi connectivity index (χ2n) is 7.20. The highest BCUT2D eigenvalue weighted by atomic mass is 16.2. The van der Waals surface area contributed by atoms with E-state index in [1.165, 1.54) is 6.92 Å². The number of piperidine rings is 1. The molecular weight excluding hydrogens is 378 g/mol. The summed E-state index contributed by atoms with van der Waals surface area (Å²) in [5, 5.41) is 5.96. The van der Waals surface area contributed by atoms with Gasteiger partial charge in [0.05, 0.1) is 5.69 Å². The van der Waals surface area contributed by atoms with Gasteiger partial charge in [-0.3, -0.25) is 9.59 Å². The van der Waals surface area contributed by atoms with Gasteiger partial charge in [0.25, 0.3) is 0 Å². The summed E-state index contributed by atoms with van der Waals surface area (Å²) in [5.74, 6) is 0.565. The average Bonchev–Trinajstić information content (AvgIpc) is 2.75. The molecule has 30 heavy (non-hydrogen) atoms. The number of carbonyl (C=O) groups excluding carboxylic acids is 2. The van der Waals surface area contributed by atoms with Crippen LogP contribution >= 0.6 is 0 Å². The first-order chi connectivity index (χ1) is 14.6. The first-order valence-electron chi connectivity index (χ1n) is 9.97. The Morgan fingerprint density at radius 3 is 2.40 bits per heavy atom. The van der Waals surface area contributed by atoms with Gasteiger partial charge in [0.1, 0.15) is 0 Å². The lowest BCUT2D eigenvalue weighted by Gasteiger charge is -2.26. The molecule has 2 aromatic carbocycles. The van der Waals surface area contributed by atoms with Gasteiger partial charge in [-0.2, -0.15) is 0 Å². The molecule has 2 amide bonds. The lowest BCUT2D eigenvalue weighted by atomic mass is 10.1. The van der Waals surface area contributed by atoms with E-state index in [0.29, 0.717) is 12.4 Å². The quantitative estimate of drug-likeness (QED) is 0.663. The molecule has 1 aromatic heterocycles. The number of hydrogen-bond acceptors (Lipinski definition) is 5. The highest BCUT2D eigenvalue weighted by Gasteiger charge is 2.19. The van der Waals surface area contributed by atoms with E-state index in [4.69, 9.17) is 0 Å². The van der Waals surface area contributed by atoms with E-state index >= 15 is 0 Å². The zero-order valence-corrected chi connectivity index (χ0v) is 16.8. The number of amides is 2. The van der Waals surface area contributed by atoms with Gasteiger partial charge in [0.15, 0.2) is 0 Å². The Morgan fingerprint density at radius 1 is 0.967 bits per heavy atom. The average molecular weight is 401 g/mol. The van der Waals surface area contributed by atoms with E-state index in [9.17, 15) is 9.59 Å². The normalized spacial score (nSPS) is 13.8. The number of hydrogen-bond donors (Lipinski definition) is 2. The maximum atomic E-state index is 12.1. The third-order valence-corrected chi connectivity index (χ3v) is 4.92. The molecule has 0 atom stereocenters. The van der Waals surface area contributed by atoms with Gasteiger partial charge in [-0.1, -0.05) is 12.1 Å². The molecule has 0 spiro atoms. The summed E-state index contributed by atoms with van der Waals surface area (Å²) >= 11 is 0. The van der Waals surface area contributed by atoms with Crippen molar-refractivity contribution in [3.63, 3.8) is 0 Å². The predicted molar refractivity (Wildman–Crippen MR) is 118 cm³/mol. The minimum absolute atomic E-state index is 0.105. The molecule has 1 saturated heterocycles. The van der Waals surface area contributed by atoms with Gasteiger partial charge in [-0.05, 0) is 55.3 Å². The highest BCUT2D eigenvalue weighted by molar-refractivity contribution is 5.94. The lowest BCUT2D eigenvalue weighted by Crippen LogP contribution is -2.35. The predicted octanol–water partition coefficient (Wildman–Crippen LogP) is 4.36. The van der Waals surface area contributed by atoms with Crippen LogP contribution in [-0.2, 0) is 9.59 Å². The molecule has 152 valence electrons. The minimum atomic E-state index is -0.105. The third kappa shape index (κ3) is 4.63. The van der Waals surface area contributed by atoms with Crippen molar-refractivity contribution in [3.05, 3.63) is 60.8 Å². The summed E-state index contributed by atoms with van der Waals surface area (Å²) < 4.78 is 0. The number of anilines is 4. The van der Waals surface area contributed by atoms with Crippen LogP contribution in [0.2, 0.25) is 0 Å². The molecule has 4 rings (SSSR count). The molecule has 1 aliphatic heterocycles. The van der Waals surface area contributed by atoms with E-state index < -0.39 is 0 Å². The molecule has 1 fully saturated rings. The van der Waals surface area contributed by atoms with E-state index in [2.05, 4.69) is 20.6 Å². The molecule has 2 N–H and O–H groups in total. The van der Waals surface area contributed by atoms with Crippen molar-refractivity contribution >= 4 is 34.8 Å². The van der Waals surface area contributed by atoms with E-state index in [1.807, 2.05) is 59.5 Å². The molecule has 0 saturated carbocycles. The summed E-state index contributed by atoms with van der Waals surface area (Å²) in [6, 6.07) is 17.1. The Kier molecular flexibility index (Phi) is 5.70. The van der Waals surface area contributed by atoms with Crippen molar-refractivity contribution < 1.29 is 9.59 Å². The number of nitrogens with zero attached hydrogens (tertiary/aromatic N) is 3. The molecule has 7 nitrogen and oxygen atoms in total. The molecule has 1 aliphatic rings. The monoisotopic (exact) mass is 401 g/mol. The smallest absolute Gasteiger partial charge is 0.227 e. The van der Waals surface area contributed by atoms with E-state index in [0.717, 1.165) is 47.7 Å². The minimum Gasteiger partial charge on any atom is -0.326 e. The second kappa shape index (κ2) is 8.73. The molecule has 3 aromatic rings. The molecule has 0 bridgehead atoms. The van der Waals surface area contributed by atoms with Gasteiger partial charge in [-0.25, -0.2) is 9.97 Å². The van der Waals surface area contributed by atoms with Crippen LogP contribution in [0.3, 0.4) is 0 Å². The van der Waals surface area contributed by atoms with Gasteiger partial charge in [0.2, 0.25) is 17.8 Å². The van der Waals surface area contributed by atoms with Crippen molar-refractivity contribution in [1.29, 1.82) is 0 Å². The largest absolute Gasteiger partial charge is 0.326 e. The first kappa shape index (κ1) is 19.6. The number of carbonyl (C=O) groups is 2. The Labute approximate surface area is 175 Å². The summed E-state index contributed by atoms with van der Waals surface area (Å²) in [6.07, 6.45) is 4.33. The van der Waals surface area contributed by atoms with Gasteiger partial charge in [-0.15, -0.1) is 0 Å². The summed E-state index contributed by atoms with van der Waals surface area (Å²) in [6.45, 7) is 2.25. The van der Waals surface area contributed by atoms with Crippen LogP contribution in [0.4, 0.5) is 23.0 Å². The SMILES string of the molecule is CC(=O)Nc1ccc(-c2ccnc(Nc3ccc(N4CCCCC4=O)cc3)n2)cc1. The Bertz CT molecular complexity index is 1050. The first-order valence-corrected chi connectivity index (χ1v) is 9.97. The van der Waals surface area contributed by atoms with Crippen molar-refractivity contribution in [3.8, 4) is 11.3 Å². The summed E-state index contributed by atoms with van der Waals surface area (Å²) in [4.78, 5) is 34.0. The summed E-state index contributed by atoms with van der Waals surface area (Å²) in [5.41, 5.74) is 4.21.